The Kier molecular flexibility index (Phi) is 1.75. The van der Waals surface area contributed by atoms with Crippen LogP contribution in [0.2, 0.25) is 0 Å². The van der Waals surface area contributed by atoms with Crippen LogP contribution in [-0.4, -0.2) is 35.5 Å². The Labute approximate surface area is 54.7 Å². The highest BCUT2D eigenvalue weighted by Crippen LogP contribution is 2.27. The molecule has 0 saturated heterocycles. The summed E-state index contributed by atoms with van der Waals surface area (Å²) in [6, 6.07) is 0.146. The van der Waals surface area contributed by atoms with Gasteiger partial charge in [-0.05, 0) is 7.05 Å². The molecule has 1 saturated carbocycles. The van der Waals surface area contributed by atoms with Crippen LogP contribution in [0.3, 0.4) is 0 Å². The maximum Gasteiger partial charge on any atom is 0.185 e. The molecule has 0 aromatic rings. The molecule has 54 valence electrons. The van der Waals surface area contributed by atoms with E-state index in [1.54, 1.807) is 0 Å². The first-order valence-electron chi connectivity index (χ1n) is 3.25. The first-order chi connectivity index (χ1) is 4.18. The average Bonchev–Trinajstić information content (AvgIpc) is 1.89. The molecule has 4 atom stereocenters. The zero-order valence-electron chi connectivity index (χ0n) is 5.76. The molecule has 0 bridgehead atoms. The number of nitrogens with one attached hydrogen (secondary N) is 1. The summed E-state index contributed by atoms with van der Waals surface area (Å²) in [5.41, 5.74) is 0. The number of likely N-dealkylation sites (N-methyl/N-ethyl adjacent to an activating group) is 1. The fourth-order valence-corrected chi connectivity index (χ4v) is 1.36. The molecule has 0 spiro atoms. The summed E-state index contributed by atoms with van der Waals surface area (Å²) >= 11 is 0. The van der Waals surface area contributed by atoms with Crippen LogP contribution in [0.15, 0.2) is 0 Å². The number of aliphatic hydroxyl groups is 1. The largest absolute Gasteiger partial charge is 0.441 e. The monoisotopic (exact) mass is 132 g/mol. The molecule has 1 fully saturated rings. The quantitative estimate of drug-likeness (QED) is 0.435. The average molecular weight is 132 g/mol. The zero-order valence-corrected chi connectivity index (χ0v) is 5.76. The Morgan fingerprint density at radius 3 is 2.33 bits per heavy atom. The van der Waals surface area contributed by atoms with Crippen molar-refractivity contribution in [3.8, 4) is 0 Å². The first kappa shape index (κ1) is 6.99. The molecule has 1 aliphatic carbocycles. The van der Waals surface area contributed by atoms with Gasteiger partial charge < -0.3 is 15.5 Å². The van der Waals surface area contributed by atoms with E-state index in [9.17, 15) is 0 Å². The third-order valence-electron chi connectivity index (χ3n) is 2.20. The van der Waals surface area contributed by atoms with Crippen LogP contribution in [0.25, 0.3) is 0 Å². The van der Waals surface area contributed by atoms with E-state index in [0.29, 0.717) is 5.92 Å². The van der Waals surface area contributed by atoms with Gasteiger partial charge in [-0.25, -0.2) is 0 Å². The molecule has 1 rings (SSSR count). The van der Waals surface area contributed by atoms with E-state index in [1.807, 2.05) is 14.0 Å². The molecule has 3 nitrogen and oxygen atoms in total. The Bertz CT molecular complexity index is 97.2. The molecule has 0 aromatic heterocycles. The summed E-state index contributed by atoms with van der Waals surface area (Å²) in [5, 5.41) is 19.3. The highest BCUT2D eigenvalue weighted by molar-refractivity contribution is 4.99. The van der Waals surface area contributed by atoms with Crippen molar-refractivity contribution in [3.05, 3.63) is 0 Å². The lowest BCUT2D eigenvalue weighted by atomic mass is 9.75. The van der Waals surface area contributed by atoms with Crippen LogP contribution in [0, 0.1) is 5.92 Å². The lowest BCUT2D eigenvalue weighted by molar-refractivity contribution is -0.121. The second kappa shape index (κ2) is 2.25. The number of hydrogen-bond donors (Lipinski definition) is 2. The molecule has 0 aliphatic heterocycles. The molecule has 0 aromatic carbocycles. The molecule has 3 heteroatoms. The highest BCUT2D eigenvalue weighted by Gasteiger charge is 2.49. The lowest BCUT2D eigenvalue weighted by Crippen LogP contribution is -2.63. The van der Waals surface area contributed by atoms with Crippen molar-refractivity contribution in [1.29, 1.82) is 0 Å². The van der Waals surface area contributed by atoms with Gasteiger partial charge in [0.1, 0.15) is 6.10 Å². The summed E-state index contributed by atoms with van der Waals surface area (Å²) in [6.45, 7) is 1.98. The predicted octanol–water partition coefficient (Wildman–Crippen LogP) is -1.32. The second-order valence-corrected chi connectivity index (χ2v) is 2.69. The molecular weight excluding hydrogens is 118 g/mol. The summed E-state index contributed by atoms with van der Waals surface area (Å²) in [4.78, 5) is 0. The van der Waals surface area contributed by atoms with E-state index in [0.717, 1.165) is 0 Å². The van der Waals surface area contributed by atoms with Crippen LogP contribution in [0.4, 0.5) is 0 Å². The Morgan fingerprint density at radius 2 is 2.11 bits per heavy atom. The van der Waals surface area contributed by atoms with Crippen molar-refractivity contribution in [2.75, 3.05) is 7.05 Å². The third-order valence-corrected chi connectivity index (χ3v) is 2.20. The highest BCUT2D eigenvalue weighted by atomic mass is 16.3. The van der Waals surface area contributed by atoms with Crippen LogP contribution >= 0.6 is 0 Å². The van der Waals surface area contributed by atoms with Gasteiger partial charge in [-0.1, -0.05) is 6.92 Å². The number of hydrogen-bond acceptors (Lipinski definition) is 2. The molecule has 2 unspecified atom stereocenters. The predicted molar refractivity (Wildman–Crippen MR) is 35.4 cm³/mol. The van der Waals surface area contributed by atoms with Crippen molar-refractivity contribution in [2.45, 2.75) is 25.2 Å². The van der Waals surface area contributed by atoms with Gasteiger partial charge in [-0.2, -0.15) is 0 Å². The lowest BCUT2D eigenvalue weighted by Gasteiger charge is -2.40. The van der Waals surface area contributed by atoms with Crippen molar-refractivity contribution in [1.82, 2.24) is 5.32 Å². The number of rotatable bonds is 1. The van der Waals surface area contributed by atoms with E-state index >= 15 is 0 Å². The van der Waals surface area contributed by atoms with E-state index in [2.05, 4.69) is 5.32 Å². The Morgan fingerprint density at radius 1 is 1.56 bits per heavy atom. The topological polar surface area (TPSA) is 55.2 Å². The SMILES string of the molecule is CNC1C(C)[C@@H]([OH2+])[C@H]1O. The van der Waals surface area contributed by atoms with Crippen LogP contribution in [0.5, 0.6) is 0 Å². The van der Waals surface area contributed by atoms with Gasteiger partial charge in [0.25, 0.3) is 0 Å². The van der Waals surface area contributed by atoms with E-state index in [-0.39, 0.29) is 12.1 Å². The Balaban J connectivity index is 2.41. The maximum atomic E-state index is 9.10. The van der Waals surface area contributed by atoms with Gasteiger partial charge in [0.05, 0.1) is 6.04 Å². The van der Waals surface area contributed by atoms with Crippen molar-refractivity contribution >= 4 is 0 Å². The molecule has 9 heavy (non-hydrogen) atoms. The molecule has 1 aliphatic rings. The minimum atomic E-state index is -0.454. The van der Waals surface area contributed by atoms with Gasteiger partial charge in [-0.15, -0.1) is 0 Å². The van der Waals surface area contributed by atoms with E-state index in [1.165, 1.54) is 0 Å². The summed E-state index contributed by atoms with van der Waals surface area (Å²) in [6.07, 6.45) is -0.729. The van der Waals surface area contributed by atoms with Crippen LogP contribution < -0.4 is 5.32 Å². The summed E-state index contributed by atoms with van der Waals surface area (Å²) < 4.78 is 0. The van der Waals surface area contributed by atoms with E-state index < -0.39 is 6.10 Å². The van der Waals surface area contributed by atoms with Crippen LogP contribution in [-0.2, 0) is 0 Å². The molecule has 0 heterocycles. The summed E-state index contributed by atoms with van der Waals surface area (Å²) in [5.74, 6) is 0.296. The minimum absolute atomic E-state index is 0.146. The molecule has 4 N–H and O–H groups in total. The number of aliphatic hydroxyl groups excluding tert-OH is 1. The van der Waals surface area contributed by atoms with Gasteiger partial charge in [0.2, 0.25) is 0 Å². The standard InChI is InChI=1S/C6H13NO2/c1-3-4(7-2)6(9)5(3)8/h3-9H,1-2H3/p+1/t3?,4?,5-,6+/m1/s1. The fraction of sp³-hybridized carbons (Fsp3) is 1.00. The molecule has 0 amide bonds. The van der Waals surface area contributed by atoms with E-state index in [4.69, 9.17) is 10.2 Å². The summed E-state index contributed by atoms with van der Waals surface area (Å²) in [7, 11) is 1.82. The van der Waals surface area contributed by atoms with Crippen molar-refractivity contribution in [2.24, 2.45) is 5.92 Å². The van der Waals surface area contributed by atoms with Gasteiger partial charge in [0, 0.05) is 5.92 Å². The fourth-order valence-electron chi connectivity index (χ4n) is 1.36. The van der Waals surface area contributed by atoms with Crippen LogP contribution in [0.1, 0.15) is 6.92 Å². The molecular formula is C6H14NO2+. The van der Waals surface area contributed by atoms with Gasteiger partial charge in [-0.3, -0.25) is 0 Å². The maximum absolute atomic E-state index is 9.10. The van der Waals surface area contributed by atoms with Crippen molar-refractivity contribution in [3.63, 3.8) is 0 Å². The Hall–Kier alpha value is -0.120. The normalized spacial score (nSPS) is 50.7. The van der Waals surface area contributed by atoms with Gasteiger partial charge >= 0.3 is 0 Å². The minimum Gasteiger partial charge on any atom is -0.441 e. The van der Waals surface area contributed by atoms with Gasteiger partial charge in [0.15, 0.2) is 6.10 Å². The smallest absolute Gasteiger partial charge is 0.185 e. The second-order valence-electron chi connectivity index (χ2n) is 2.69. The third kappa shape index (κ3) is 0.852. The molecule has 0 radical (unpaired) electrons. The van der Waals surface area contributed by atoms with Crippen molar-refractivity contribution < 1.29 is 10.2 Å². The first-order valence-corrected chi connectivity index (χ1v) is 3.25. The zero-order chi connectivity index (χ0) is 7.02.